The smallest absolute Gasteiger partial charge is 0.409 e. The summed E-state index contributed by atoms with van der Waals surface area (Å²) in [5, 5.41) is 10.8. The minimum Gasteiger partial charge on any atom is -0.629 e. The molecule has 1 unspecified atom stereocenters. The highest BCUT2D eigenvalue weighted by Crippen LogP contribution is 2.13. The van der Waals surface area contributed by atoms with Gasteiger partial charge in [-0.05, 0) is 12.1 Å². The van der Waals surface area contributed by atoms with Gasteiger partial charge in [0.15, 0.2) is 0 Å². The molecule has 0 amide bonds. The topological polar surface area (TPSA) is 53.8 Å². The molecule has 70 valence electrons. The average Bonchev–Trinajstić information content (AvgIpc) is 2.04. The van der Waals surface area contributed by atoms with E-state index in [2.05, 4.69) is 4.74 Å². The molecule has 5 heteroatoms. The molecule has 0 bridgehead atoms. The molecule has 1 aromatic carbocycles. The number of carbonyl (C=O) groups is 1. The van der Waals surface area contributed by atoms with Gasteiger partial charge < -0.3 is 15.0 Å². The number of carbonyl (C=O) groups excluding carboxylic acids is 1. The highest BCUT2D eigenvalue weighted by Gasteiger charge is 2.01. The van der Waals surface area contributed by atoms with Crippen LogP contribution in [-0.2, 0) is 0 Å². The zero-order valence-electron chi connectivity index (χ0n) is 6.91. The molecule has 0 spiro atoms. The summed E-state index contributed by atoms with van der Waals surface area (Å²) in [6.45, 7) is 0. The Labute approximate surface area is 80.2 Å². The molecular formula is C8H8ClNO3. The van der Waals surface area contributed by atoms with Crippen molar-refractivity contribution in [2.75, 3.05) is 7.05 Å². The molecule has 0 saturated carbocycles. The molecule has 1 rings (SSSR count). The van der Waals surface area contributed by atoms with Crippen molar-refractivity contribution in [3.63, 3.8) is 0 Å². The first-order valence-corrected chi connectivity index (χ1v) is 3.95. The standard InChI is InChI=1S/C8H8ClNO3/c1-10(12)6-2-4-7(5-3-6)13-8(9)11/h2-5,10H,1H3. The predicted molar refractivity (Wildman–Crippen MR) is 48.2 cm³/mol. The zero-order valence-corrected chi connectivity index (χ0v) is 7.67. The van der Waals surface area contributed by atoms with Crippen molar-refractivity contribution in [1.82, 2.24) is 0 Å². The van der Waals surface area contributed by atoms with E-state index in [9.17, 15) is 10.0 Å². The highest BCUT2D eigenvalue weighted by atomic mass is 35.5. The third-order valence-corrected chi connectivity index (χ3v) is 1.54. The van der Waals surface area contributed by atoms with Crippen molar-refractivity contribution in [1.29, 1.82) is 0 Å². The second-order valence-electron chi connectivity index (χ2n) is 2.42. The summed E-state index contributed by atoms with van der Waals surface area (Å²) in [6, 6.07) is 6.16. The van der Waals surface area contributed by atoms with Crippen molar-refractivity contribution >= 4 is 22.7 Å². The van der Waals surface area contributed by atoms with E-state index in [4.69, 9.17) is 11.6 Å². The van der Waals surface area contributed by atoms with Gasteiger partial charge in [-0.15, -0.1) is 0 Å². The summed E-state index contributed by atoms with van der Waals surface area (Å²) < 4.78 is 4.56. The normalized spacial score (nSPS) is 12.2. The van der Waals surface area contributed by atoms with Crippen molar-refractivity contribution < 1.29 is 14.6 Å². The summed E-state index contributed by atoms with van der Waals surface area (Å²) >= 11 is 4.99. The fraction of sp³-hybridized carbons (Fsp3) is 0.125. The van der Waals surface area contributed by atoms with Crippen LogP contribution in [-0.4, -0.2) is 12.5 Å². The Morgan fingerprint density at radius 3 is 2.38 bits per heavy atom. The van der Waals surface area contributed by atoms with Crippen molar-refractivity contribution in [2.24, 2.45) is 0 Å². The number of hydrogen-bond acceptors (Lipinski definition) is 3. The van der Waals surface area contributed by atoms with Crippen LogP contribution < -0.4 is 9.80 Å². The van der Waals surface area contributed by atoms with Gasteiger partial charge in [-0.25, -0.2) is 4.79 Å². The number of nitrogens with one attached hydrogen (secondary N) is 1. The van der Waals surface area contributed by atoms with Crippen LogP contribution >= 0.6 is 11.6 Å². The van der Waals surface area contributed by atoms with Crippen LogP contribution in [0.5, 0.6) is 5.75 Å². The Bertz CT molecular complexity index is 297. The van der Waals surface area contributed by atoms with E-state index < -0.39 is 5.43 Å². The maximum absolute atomic E-state index is 10.8. The summed E-state index contributed by atoms with van der Waals surface area (Å²) in [7, 11) is 1.46. The molecule has 1 aromatic rings. The zero-order chi connectivity index (χ0) is 9.84. The van der Waals surface area contributed by atoms with Crippen LogP contribution in [0.1, 0.15) is 0 Å². The van der Waals surface area contributed by atoms with Crippen LogP contribution in [0, 0.1) is 5.21 Å². The third-order valence-electron chi connectivity index (χ3n) is 1.46. The molecule has 0 aliphatic heterocycles. The lowest BCUT2D eigenvalue weighted by molar-refractivity contribution is -0.751. The average molecular weight is 202 g/mol. The second-order valence-corrected chi connectivity index (χ2v) is 2.73. The Kier molecular flexibility index (Phi) is 3.25. The molecule has 1 N–H and O–H groups in total. The molecule has 0 heterocycles. The van der Waals surface area contributed by atoms with Crippen LogP contribution in [0.15, 0.2) is 24.3 Å². The number of ether oxygens (including phenoxy) is 1. The number of rotatable bonds is 2. The SMILES string of the molecule is C[NH+]([O-])c1ccc(OC(=O)Cl)cc1. The Morgan fingerprint density at radius 1 is 1.46 bits per heavy atom. The van der Waals surface area contributed by atoms with Crippen molar-refractivity contribution in [2.45, 2.75) is 0 Å². The van der Waals surface area contributed by atoms with Crippen molar-refractivity contribution in [3.8, 4) is 5.75 Å². The maximum atomic E-state index is 10.8. The number of halogens is 1. The summed E-state index contributed by atoms with van der Waals surface area (Å²) in [6.07, 6.45) is 0. The van der Waals surface area contributed by atoms with E-state index in [1.165, 1.54) is 19.2 Å². The minimum atomic E-state index is -0.893. The summed E-state index contributed by atoms with van der Waals surface area (Å²) in [4.78, 5) is 10.3. The lowest BCUT2D eigenvalue weighted by Crippen LogP contribution is -2.98. The van der Waals surface area contributed by atoms with Gasteiger partial charge in [0.05, 0.1) is 7.05 Å². The van der Waals surface area contributed by atoms with E-state index in [1.54, 1.807) is 12.1 Å². The van der Waals surface area contributed by atoms with Crippen LogP contribution in [0.3, 0.4) is 0 Å². The Hall–Kier alpha value is -1.10. The molecule has 0 saturated heterocycles. The maximum Gasteiger partial charge on any atom is 0.409 e. The number of hydroxylamine groups is 1. The van der Waals surface area contributed by atoms with Crippen LogP contribution in [0.25, 0.3) is 0 Å². The van der Waals surface area contributed by atoms with Gasteiger partial charge in [0.1, 0.15) is 11.4 Å². The monoisotopic (exact) mass is 201 g/mol. The molecule has 0 aliphatic carbocycles. The second kappa shape index (κ2) is 4.23. The van der Waals surface area contributed by atoms with E-state index in [0.29, 0.717) is 11.4 Å². The molecular weight excluding hydrogens is 194 g/mol. The Morgan fingerprint density at radius 2 is 2.00 bits per heavy atom. The van der Waals surface area contributed by atoms with Gasteiger partial charge in [0.25, 0.3) is 0 Å². The van der Waals surface area contributed by atoms with E-state index >= 15 is 0 Å². The predicted octanol–water partition coefficient (Wildman–Crippen LogP) is 1.07. The van der Waals surface area contributed by atoms with Gasteiger partial charge in [0, 0.05) is 23.7 Å². The molecule has 0 aromatic heterocycles. The van der Waals surface area contributed by atoms with Crippen molar-refractivity contribution in [3.05, 3.63) is 29.5 Å². The summed E-state index contributed by atoms with van der Waals surface area (Å²) in [5.41, 5.74) is -0.329. The van der Waals surface area contributed by atoms with Crippen LogP contribution in [0.4, 0.5) is 10.5 Å². The largest absolute Gasteiger partial charge is 0.629 e. The quantitative estimate of drug-likeness (QED) is 0.575. The molecule has 13 heavy (non-hydrogen) atoms. The fourth-order valence-electron chi connectivity index (χ4n) is 0.850. The number of hydrogen-bond donors (Lipinski definition) is 1. The lowest BCUT2D eigenvalue weighted by atomic mass is 10.3. The third kappa shape index (κ3) is 3.02. The van der Waals surface area contributed by atoms with E-state index in [1.807, 2.05) is 0 Å². The molecule has 0 aliphatic rings. The summed E-state index contributed by atoms with van der Waals surface area (Å²) in [5.74, 6) is 0.324. The van der Waals surface area contributed by atoms with Crippen LogP contribution in [0.2, 0.25) is 0 Å². The highest BCUT2D eigenvalue weighted by molar-refractivity contribution is 6.61. The first-order chi connectivity index (χ1) is 6.09. The first-order valence-electron chi connectivity index (χ1n) is 3.58. The molecule has 0 fully saturated rings. The molecule has 1 atom stereocenters. The van der Waals surface area contributed by atoms with E-state index in [-0.39, 0.29) is 5.06 Å². The molecule has 0 radical (unpaired) electrons. The first kappa shape index (κ1) is 9.98. The van der Waals surface area contributed by atoms with E-state index in [0.717, 1.165) is 0 Å². The lowest BCUT2D eigenvalue weighted by Gasteiger charge is -2.15. The number of benzene rings is 1. The van der Waals surface area contributed by atoms with Gasteiger partial charge in [-0.3, -0.25) is 0 Å². The number of quaternary nitrogens is 1. The Balaban J connectivity index is 2.75. The van der Waals surface area contributed by atoms with Gasteiger partial charge in [-0.2, -0.15) is 0 Å². The van der Waals surface area contributed by atoms with Gasteiger partial charge in [-0.1, -0.05) is 0 Å². The minimum absolute atomic E-state index is 0.0382. The molecule has 4 nitrogen and oxygen atoms in total. The van der Waals surface area contributed by atoms with Gasteiger partial charge >= 0.3 is 5.43 Å². The fourth-order valence-corrected chi connectivity index (χ4v) is 0.939. The van der Waals surface area contributed by atoms with Gasteiger partial charge in [0.2, 0.25) is 0 Å².